The summed E-state index contributed by atoms with van der Waals surface area (Å²) in [4.78, 5) is 0. The Morgan fingerprint density at radius 1 is 0.457 bits per heavy atom. The smallest absolute Gasteiger partial charge is 0.0579 e. The molecule has 0 aromatic heterocycles. The fourth-order valence-electron chi connectivity index (χ4n) is 6.60. The normalized spacial score (nSPS) is 15.1. The zero-order valence-corrected chi connectivity index (χ0v) is 25.7. The average molecular weight is 527 g/mol. The largest absolute Gasteiger partial charge is 0.0688 e. The van der Waals surface area contributed by atoms with E-state index in [-0.39, 0.29) is 4.66 Å². The lowest BCUT2D eigenvalue weighted by Crippen LogP contribution is -2.63. The van der Waals surface area contributed by atoms with Crippen molar-refractivity contribution in [2.75, 3.05) is 0 Å². The predicted molar refractivity (Wildman–Crippen MR) is 167 cm³/mol. The second-order valence-electron chi connectivity index (χ2n) is 11.8. The zero-order valence-electron chi connectivity index (χ0n) is 21.7. The summed E-state index contributed by atoms with van der Waals surface area (Å²) < 4.78 is 0.193. The first-order valence-corrected chi connectivity index (χ1v) is 21.5. The maximum absolute atomic E-state index is 2.61. The Hall–Kier alpha value is -1.83. The van der Waals surface area contributed by atoms with Gasteiger partial charge in [0.2, 0.25) is 0 Å². The Balaban J connectivity index is 1.70. The summed E-state index contributed by atoms with van der Waals surface area (Å²) in [5, 5.41) is 5.77. The first kappa shape index (κ1) is 24.8. The van der Waals surface area contributed by atoms with Crippen molar-refractivity contribution in [2.24, 2.45) is 0 Å². The first-order valence-electron chi connectivity index (χ1n) is 12.5. The third-order valence-corrected chi connectivity index (χ3v) is 20.0. The Kier molecular flexibility index (Phi) is 6.56. The van der Waals surface area contributed by atoms with Gasteiger partial charge in [0.05, 0.1) is 16.1 Å². The van der Waals surface area contributed by atoms with Gasteiger partial charge in [0.15, 0.2) is 0 Å². The van der Waals surface area contributed by atoms with Crippen molar-refractivity contribution in [3.8, 4) is 11.1 Å². The van der Waals surface area contributed by atoms with Crippen LogP contribution in [-0.2, 0) is 4.66 Å². The van der Waals surface area contributed by atoms with Crippen molar-refractivity contribution in [1.29, 1.82) is 0 Å². The van der Waals surface area contributed by atoms with Gasteiger partial charge in [0, 0.05) is 4.66 Å². The molecule has 4 heteroatoms. The van der Waals surface area contributed by atoms with Crippen LogP contribution >= 0.6 is 17.2 Å². The molecule has 2 atom stereocenters. The van der Waals surface area contributed by atoms with E-state index >= 15 is 0 Å². The van der Waals surface area contributed by atoms with E-state index < -0.39 is 16.1 Å². The van der Waals surface area contributed by atoms with Crippen molar-refractivity contribution in [3.05, 3.63) is 108 Å². The average Bonchev–Trinajstić information content (AvgIpc) is 3.10. The molecule has 0 aliphatic heterocycles. The lowest BCUT2D eigenvalue weighted by molar-refractivity contribution is 0.955. The minimum Gasteiger partial charge on any atom is -0.0688 e. The molecular weight excluding hydrogens is 490 g/mol. The summed E-state index contributed by atoms with van der Waals surface area (Å²) in [5.41, 5.74) is 6.24. The summed E-state index contributed by atoms with van der Waals surface area (Å²) in [6.07, 6.45) is 0. The minimum absolute atomic E-state index is 0.193. The van der Waals surface area contributed by atoms with Crippen molar-refractivity contribution in [1.82, 2.24) is 0 Å². The van der Waals surface area contributed by atoms with Crippen molar-refractivity contribution >= 4 is 54.5 Å². The number of hydrogen-bond donors (Lipinski definition) is 0. The molecule has 0 saturated carbocycles. The van der Waals surface area contributed by atoms with Crippen LogP contribution in [0.15, 0.2) is 97.1 Å². The molecule has 178 valence electrons. The Bertz CT molecular complexity index is 1240. The van der Waals surface area contributed by atoms with E-state index in [0.717, 1.165) is 0 Å². The predicted octanol–water partition coefficient (Wildman–Crippen LogP) is 6.97. The van der Waals surface area contributed by atoms with Crippen LogP contribution in [0, 0.1) is 0 Å². The van der Waals surface area contributed by atoms with Crippen LogP contribution in [-0.4, -0.2) is 16.1 Å². The molecule has 0 spiro atoms. The number of benzene rings is 4. The van der Waals surface area contributed by atoms with E-state index in [0.29, 0.717) is 17.2 Å². The lowest BCUT2D eigenvalue weighted by atomic mass is 10.1. The number of hydrogen-bond acceptors (Lipinski definition) is 0. The van der Waals surface area contributed by atoms with Gasteiger partial charge in [0.1, 0.15) is 0 Å². The van der Waals surface area contributed by atoms with Crippen LogP contribution in [0.25, 0.3) is 11.1 Å². The highest BCUT2D eigenvalue weighted by molar-refractivity contribution is 7.55. The van der Waals surface area contributed by atoms with E-state index in [4.69, 9.17) is 0 Å². The van der Waals surface area contributed by atoms with Crippen LogP contribution in [0.5, 0.6) is 0 Å². The minimum atomic E-state index is -1.67. The van der Waals surface area contributed by atoms with Gasteiger partial charge in [-0.05, 0) is 43.5 Å². The van der Waals surface area contributed by atoms with Gasteiger partial charge in [-0.15, -0.1) is 0 Å². The van der Waals surface area contributed by atoms with E-state index in [2.05, 4.69) is 136 Å². The second kappa shape index (κ2) is 9.24. The molecule has 0 radical (unpaired) electrons. The highest BCUT2D eigenvalue weighted by Gasteiger charge is 2.59. The van der Waals surface area contributed by atoms with E-state index in [9.17, 15) is 0 Å². The van der Waals surface area contributed by atoms with Gasteiger partial charge in [-0.25, -0.2) is 0 Å². The summed E-state index contributed by atoms with van der Waals surface area (Å²) in [6.45, 7) is 15.7. The molecule has 1 aliphatic rings. The van der Waals surface area contributed by atoms with E-state index in [1.54, 1.807) is 11.1 Å². The fourth-order valence-corrected chi connectivity index (χ4v) is 21.8. The van der Waals surface area contributed by atoms with E-state index in [1.807, 2.05) is 0 Å². The number of fused-ring (bicyclic) bond motifs is 3. The molecule has 0 N–H and O–H groups in total. The quantitative estimate of drug-likeness (QED) is 0.188. The van der Waals surface area contributed by atoms with Crippen LogP contribution < -0.4 is 21.2 Å². The molecule has 5 rings (SSSR count). The van der Waals surface area contributed by atoms with Crippen molar-refractivity contribution < 1.29 is 0 Å². The van der Waals surface area contributed by atoms with Gasteiger partial charge in [-0.3, -0.25) is 0 Å². The third kappa shape index (κ3) is 4.34. The molecule has 0 bridgehead atoms. The lowest BCUT2D eigenvalue weighted by Gasteiger charge is -2.51. The highest BCUT2D eigenvalue weighted by atomic mass is 31.1. The SMILES string of the molecule is C[Si](C)(C)C1([Si](C)(C)C)c2cc(Pc3ccccc3)ccc2-c2ccc(Pc3ccccc3)cc21. The van der Waals surface area contributed by atoms with Crippen LogP contribution in [0.1, 0.15) is 11.1 Å². The zero-order chi connectivity index (χ0) is 24.8. The molecule has 4 aromatic carbocycles. The maximum Gasteiger partial charge on any atom is 0.0579 e. The molecule has 0 amide bonds. The van der Waals surface area contributed by atoms with Gasteiger partial charge in [-0.1, -0.05) is 154 Å². The standard InChI is InChI=1S/C31H36P2Si2/c1-34(2,3)31(35(4,5)6)29-21-25(32-23-13-9-7-10-14-23)17-19-27(29)28-20-18-26(22-30(28)31)33-24-15-11-8-12-16-24/h7-22,32-33H,1-6H3. The summed E-state index contributed by atoms with van der Waals surface area (Å²) in [7, 11) is -1.95. The van der Waals surface area contributed by atoms with Gasteiger partial charge >= 0.3 is 0 Å². The van der Waals surface area contributed by atoms with Crippen LogP contribution in [0.3, 0.4) is 0 Å². The summed E-state index contributed by atoms with van der Waals surface area (Å²) in [5.74, 6) is 0. The van der Waals surface area contributed by atoms with Crippen molar-refractivity contribution in [2.45, 2.75) is 43.9 Å². The molecule has 0 saturated heterocycles. The molecular formula is C31H36P2Si2. The highest BCUT2D eigenvalue weighted by Crippen LogP contribution is 2.57. The van der Waals surface area contributed by atoms with Crippen LogP contribution in [0.4, 0.5) is 0 Å². The molecule has 0 nitrogen and oxygen atoms in total. The summed E-state index contributed by atoms with van der Waals surface area (Å²) >= 11 is 0. The Morgan fingerprint density at radius 2 is 0.829 bits per heavy atom. The first-order chi connectivity index (χ1) is 16.6. The third-order valence-electron chi connectivity index (χ3n) is 7.51. The fraction of sp³-hybridized carbons (Fsp3) is 0.226. The molecule has 0 fully saturated rings. The topological polar surface area (TPSA) is 0 Å². The Morgan fingerprint density at radius 3 is 1.17 bits per heavy atom. The molecule has 2 unspecified atom stereocenters. The maximum atomic E-state index is 2.61. The van der Waals surface area contributed by atoms with Crippen LogP contribution in [0.2, 0.25) is 39.3 Å². The van der Waals surface area contributed by atoms with Crippen molar-refractivity contribution in [3.63, 3.8) is 0 Å². The molecule has 35 heavy (non-hydrogen) atoms. The Labute approximate surface area is 217 Å². The van der Waals surface area contributed by atoms with E-state index in [1.165, 1.54) is 32.3 Å². The number of rotatable bonds is 6. The molecule has 4 aromatic rings. The monoisotopic (exact) mass is 526 g/mol. The molecule has 1 aliphatic carbocycles. The molecule has 0 heterocycles. The summed E-state index contributed by atoms with van der Waals surface area (Å²) in [6, 6.07) is 36.8. The second-order valence-corrected chi connectivity index (χ2v) is 25.6. The van der Waals surface area contributed by atoms with Gasteiger partial charge < -0.3 is 0 Å². The van der Waals surface area contributed by atoms with Gasteiger partial charge in [0.25, 0.3) is 0 Å². The van der Waals surface area contributed by atoms with Gasteiger partial charge in [-0.2, -0.15) is 0 Å².